The van der Waals surface area contributed by atoms with Gasteiger partial charge in [-0.25, -0.2) is 27.7 Å². The molecule has 0 atom stereocenters. The number of nitrogens with zero attached hydrogens (tertiary/aromatic N) is 8. The van der Waals surface area contributed by atoms with E-state index in [2.05, 4.69) is 35.9 Å². The molecule has 0 radical (unpaired) electrons. The van der Waals surface area contributed by atoms with Crippen molar-refractivity contribution in [1.29, 1.82) is 0 Å². The second-order valence-corrected chi connectivity index (χ2v) is 6.68. The summed E-state index contributed by atoms with van der Waals surface area (Å²) in [6.07, 6.45) is 3.56. The summed E-state index contributed by atoms with van der Waals surface area (Å²) in [4.78, 5) is 20.3. The van der Waals surface area contributed by atoms with Crippen LogP contribution in [0.3, 0.4) is 0 Å². The molecule has 0 spiro atoms. The van der Waals surface area contributed by atoms with Crippen molar-refractivity contribution in [3.8, 4) is 5.82 Å². The second-order valence-electron chi connectivity index (χ2n) is 4.71. The van der Waals surface area contributed by atoms with Gasteiger partial charge in [-0.05, 0) is 22.6 Å². The quantitative estimate of drug-likeness (QED) is 0.615. The molecule has 0 aromatic carbocycles. The van der Waals surface area contributed by atoms with Gasteiger partial charge in [0.1, 0.15) is 12.7 Å². The molecule has 1 amide bonds. The molecule has 0 aliphatic heterocycles. The average molecular weight is 349 g/mol. The van der Waals surface area contributed by atoms with E-state index >= 15 is 0 Å². The number of nitrogens with one attached hydrogen (secondary N) is 1. The van der Waals surface area contributed by atoms with Gasteiger partial charge < -0.3 is 0 Å². The molecule has 0 aliphatic rings. The van der Waals surface area contributed by atoms with Crippen molar-refractivity contribution in [1.82, 2.24) is 40.0 Å². The zero-order valence-electron chi connectivity index (χ0n) is 12.5. The maximum Gasteiger partial charge on any atom is 0.261 e. The maximum absolute atomic E-state index is 12.5. The minimum Gasteiger partial charge on any atom is -0.289 e. The Morgan fingerprint density at radius 1 is 1.29 bits per heavy atom. The van der Waals surface area contributed by atoms with Crippen LogP contribution in [-0.2, 0) is 16.9 Å². The number of carbonyl (C=O) groups excluding carboxylic acids is 1. The summed E-state index contributed by atoms with van der Waals surface area (Å²) >= 11 is 0. The Kier molecular flexibility index (Phi) is 3.76. The van der Waals surface area contributed by atoms with E-state index in [0.717, 1.165) is 6.26 Å². The molecule has 0 bridgehead atoms. The van der Waals surface area contributed by atoms with Gasteiger partial charge in [-0.2, -0.15) is 5.10 Å². The Morgan fingerprint density at radius 2 is 2.08 bits per heavy atom. The molecule has 13 heteroatoms. The Bertz CT molecular complexity index is 994. The summed E-state index contributed by atoms with van der Waals surface area (Å²) in [6, 6.07) is 2.57. The van der Waals surface area contributed by atoms with Crippen LogP contribution in [0.1, 0.15) is 10.4 Å². The van der Waals surface area contributed by atoms with Gasteiger partial charge in [0.2, 0.25) is 5.95 Å². The lowest BCUT2D eigenvalue weighted by molar-refractivity contribution is 0.102. The summed E-state index contributed by atoms with van der Waals surface area (Å²) in [5, 5.41) is 16.9. The first-order valence-electron chi connectivity index (χ1n) is 6.46. The van der Waals surface area contributed by atoms with E-state index in [9.17, 15) is 13.2 Å². The third-order valence-corrected chi connectivity index (χ3v) is 3.94. The van der Waals surface area contributed by atoms with Gasteiger partial charge in [0.15, 0.2) is 20.7 Å². The van der Waals surface area contributed by atoms with Gasteiger partial charge in [-0.1, -0.05) is 5.10 Å². The minimum atomic E-state index is -3.56. The molecule has 3 rings (SSSR count). The second kappa shape index (κ2) is 5.77. The van der Waals surface area contributed by atoms with Crippen molar-refractivity contribution in [2.24, 2.45) is 7.05 Å². The predicted molar refractivity (Wildman–Crippen MR) is 79.0 cm³/mol. The smallest absolute Gasteiger partial charge is 0.261 e. The van der Waals surface area contributed by atoms with Crippen molar-refractivity contribution in [2.45, 2.75) is 5.03 Å². The number of aryl methyl sites for hydroxylation is 1. The molecule has 124 valence electrons. The number of anilines is 1. The average Bonchev–Trinajstić information content (AvgIpc) is 3.18. The predicted octanol–water partition coefficient (Wildman–Crippen LogP) is -1.16. The fourth-order valence-electron chi connectivity index (χ4n) is 1.81. The molecule has 3 aromatic rings. The van der Waals surface area contributed by atoms with Crippen LogP contribution in [0.15, 0.2) is 29.8 Å². The van der Waals surface area contributed by atoms with Crippen molar-refractivity contribution >= 4 is 21.7 Å². The van der Waals surface area contributed by atoms with Crippen LogP contribution in [-0.4, -0.2) is 60.5 Å². The number of rotatable bonds is 4. The number of sulfone groups is 1. The Hall–Kier alpha value is -3.22. The normalized spacial score (nSPS) is 11.4. The van der Waals surface area contributed by atoms with Crippen LogP contribution in [0.5, 0.6) is 0 Å². The Labute approximate surface area is 135 Å². The molecule has 0 fully saturated rings. The van der Waals surface area contributed by atoms with Crippen LogP contribution in [0.25, 0.3) is 5.82 Å². The zero-order valence-corrected chi connectivity index (χ0v) is 13.3. The molecule has 0 saturated carbocycles. The monoisotopic (exact) mass is 349 g/mol. The molecule has 0 saturated heterocycles. The molecule has 0 aliphatic carbocycles. The van der Waals surface area contributed by atoms with Gasteiger partial charge >= 0.3 is 0 Å². The van der Waals surface area contributed by atoms with Gasteiger partial charge in [-0.3, -0.25) is 10.1 Å². The van der Waals surface area contributed by atoms with Crippen LogP contribution in [0.2, 0.25) is 0 Å². The summed E-state index contributed by atoms with van der Waals surface area (Å²) < 4.78 is 25.9. The summed E-state index contributed by atoms with van der Waals surface area (Å²) in [5.74, 6) is -0.439. The van der Waals surface area contributed by atoms with Crippen LogP contribution >= 0.6 is 0 Å². The van der Waals surface area contributed by atoms with Crippen LogP contribution in [0, 0.1) is 0 Å². The van der Waals surface area contributed by atoms with Crippen molar-refractivity contribution in [3.05, 3.63) is 30.4 Å². The minimum absolute atomic E-state index is 0.0167. The van der Waals surface area contributed by atoms with E-state index in [1.54, 1.807) is 7.05 Å². The lowest BCUT2D eigenvalue weighted by atomic mass is 10.2. The number of amides is 1. The third-order valence-electron chi connectivity index (χ3n) is 2.96. The van der Waals surface area contributed by atoms with Gasteiger partial charge in [0, 0.05) is 13.3 Å². The molecule has 3 aromatic heterocycles. The first-order valence-corrected chi connectivity index (χ1v) is 8.35. The van der Waals surface area contributed by atoms with Crippen molar-refractivity contribution in [3.63, 3.8) is 0 Å². The Balaban J connectivity index is 2.07. The zero-order chi connectivity index (χ0) is 17.3. The summed E-state index contributed by atoms with van der Waals surface area (Å²) in [6.45, 7) is 0. The number of hydrogen-bond donors (Lipinski definition) is 1. The highest BCUT2D eigenvalue weighted by Gasteiger charge is 2.20. The van der Waals surface area contributed by atoms with Gasteiger partial charge in [0.25, 0.3) is 5.91 Å². The molecule has 0 unspecified atom stereocenters. The van der Waals surface area contributed by atoms with Gasteiger partial charge in [-0.15, -0.1) is 0 Å². The SMILES string of the molecule is Cn1nnnc1NC(=O)c1ccc(S(C)(=O)=O)nc1-n1cncn1. The number of pyridine rings is 1. The van der Waals surface area contributed by atoms with Crippen LogP contribution in [0.4, 0.5) is 5.95 Å². The van der Waals surface area contributed by atoms with Crippen LogP contribution < -0.4 is 5.32 Å². The largest absolute Gasteiger partial charge is 0.289 e. The molecule has 3 heterocycles. The van der Waals surface area contributed by atoms with Crippen molar-refractivity contribution < 1.29 is 13.2 Å². The molecular formula is C11H11N9O3S. The van der Waals surface area contributed by atoms with Gasteiger partial charge in [0.05, 0.1) is 5.56 Å². The molecule has 12 nitrogen and oxygen atoms in total. The van der Waals surface area contributed by atoms with E-state index in [4.69, 9.17) is 0 Å². The molecule has 24 heavy (non-hydrogen) atoms. The number of hydrogen-bond acceptors (Lipinski definition) is 9. The summed E-state index contributed by atoms with van der Waals surface area (Å²) in [5.41, 5.74) is 0.0795. The maximum atomic E-state index is 12.5. The first kappa shape index (κ1) is 15.7. The Morgan fingerprint density at radius 3 is 2.67 bits per heavy atom. The van der Waals surface area contributed by atoms with E-state index in [0.29, 0.717) is 0 Å². The van der Waals surface area contributed by atoms with E-state index in [1.165, 1.54) is 34.2 Å². The molecular weight excluding hydrogens is 338 g/mol. The lowest BCUT2D eigenvalue weighted by Gasteiger charge is -2.09. The standard InChI is InChI=1S/C11H11N9O3S/c1-19-11(16-17-18-19)15-10(21)7-3-4-8(24(2,22)23)14-9(7)20-6-12-5-13-20/h3-6H,1-2H3,(H,15,16,18,21). The van der Waals surface area contributed by atoms with E-state index < -0.39 is 15.7 Å². The van der Waals surface area contributed by atoms with E-state index in [-0.39, 0.29) is 22.4 Å². The highest BCUT2D eigenvalue weighted by molar-refractivity contribution is 7.90. The molecule has 1 N–H and O–H groups in total. The topological polar surface area (TPSA) is 150 Å². The fraction of sp³-hybridized carbons (Fsp3) is 0.182. The highest BCUT2D eigenvalue weighted by Crippen LogP contribution is 2.16. The first-order chi connectivity index (χ1) is 11.4. The lowest BCUT2D eigenvalue weighted by Crippen LogP contribution is -2.19. The number of aromatic nitrogens is 8. The fourth-order valence-corrected chi connectivity index (χ4v) is 2.38. The number of carbonyl (C=O) groups is 1. The van der Waals surface area contributed by atoms with Crippen molar-refractivity contribution in [2.75, 3.05) is 11.6 Å². The third kappa shape index (κ3) is 2.96. The van der Waals surface area contributed by atoms with E-state index in [1.807, 2.05) is 0 Å². The number of tetrazole rings is 1. The highest BCUT2D eigenvalue weighted by atomic mass is 32.2. The summed E-state index contributed by atoms with van der Waals surface area (Å²) in [7, 11) is -2.00.